The molecule has 1 N–H and O–H groups in total. The van der Waals surface area contributed by atoms with Crippen LogP contribution in [0.25, 0.3) is 5.65 Å². The van der Waals surface area contributed by atoms with Crippen LogP contribution in [0.4, 0.5) is 10.5 Å². The van der Waals surface area contributed by atoms with E-state index >= 15 is 0 Å². The van der Waals surface area contributed by atoms with E-state index in [4.69, 9.17) is 4.74 Å². The number of hydrogen-bond donors (Lipinski definition) is 1. The van der Waals surface area contributed by atoms with E-state index in [2.05, 4.69) is 19.6 Å². The summed E-state index contributed by atoms with van der Waals surface area (Å²) >= 11 is 0. The molecule has 0 saturated carbocycles. The summed E-state index contributed by atoms with van der Waals surface area (Å²) in [7, 11) is 1.61. The van der Waals surface area contributed by atoms with Crippen molar-refractivity contribution in [1.29, 1.82) is 0 Å². The summed E-state index contributed by atoms with van der Waals surface area (Å²) < 4.78 is 7.31. The zero-order valence-corrected chi connectivity index (χ0v) is 15.3. The number of nitrogens with one attached hydrogen (secondary N) is 1. The van der Waals surface area contributed by atoms with Gasteiger partial charge in [-0.25, -0.2) is 9.78 Å². The molecule has 0 unspecified atom stereocenters. The standard InChI is InChI=1S/C20H23N5O2/c1-27-18-6-4-5-16(13-18)22-20(26)24-11-9-23(10-12-24)15-17-14-21-19-7-2-3-8-25(17)19/h2-8,13-14H,9-12,15H2,1H3,(H,22,26). The Bertz CT molecular complexity index is 931. The van der Waals surface area contributed by atoms with E-state index in [0.29, 0.717) is 13.1 Å². The number of anilines is 1. The third-order valence-electron chi connectivity index (χ3n) is 4.86. The molecule has 0 bridgehead atoms. The number of fused-ring (bicyclic) bond motifs is 1. The van der Waals surface area contributed by atoms with Gasteiger partial charge in [0.25, 0.3) is 0 Å². The van der Waals surface area contributed by atoms with E-state index in [0.717, 1.165) is 36.7 Å². The number of nitrogens with zero attached hydrogens (tertiary/aromatic N) is 4. The van der Waals surface area contributed by atoms with E-state index in [-0.39, 0.29) is 6.03 Å². The quantitative estimate of drug-likeness (QED) is 0.772. The number of benzene rings is 1. The zero-order chi connectivity index (χ0) is 18.6. The van der Waals surface area contributed by atoms with Crippen LogP contribution in [0.15, 0.2) is 54.9 Å². The van der Waals surface area contributed by atoms with Crippen LogP contribution < -0.4 is 10.1 Å². The highest BCUT2D eigenvalue weighted by Crippen LogP contribution is 2.18. The fourth-order valence-electron chi connectivity index (χ4n) is 3.34. The lowest BCUT2D eigenvalue weighted by molar-refractivity contribution is 0.142. The number of methoxy groups -OCH3 is 1. The third kappa shape index (κ3) is 3.88. The fourth-order valence-corrected chi connectivity index (χ4v) is 3.34. The van der Waals surface area contributed by atoms with E-state index in [1.807, 2.05) is 59.8 Å². The van der Waals surface area contributed by atoms with E-state index in [1.54, 1.807) is 7.11 Å². The lowest BCUT2D eigenvalue weighted by Gasteiger charge is -2.34. The molecule has 2 amide bonds. The van der Waals surface area contributed by atoms with Crippen LogP contribution in [-0.4, -0.2) is 58.5 Å². The minimum absolute atomic E-state index is 0.0716. The molecule has 140 valence electrons. The molecule has 0 radical (unpaired) electrons. The summed E-state index contributed by atoms with van der Waals surface area (Å²) in [6, 6.07) is 13.3. The number of carbonyl (C=O) groups is 1. The average Bonchev–Trinajstić information content (AvgIpc) is 3.11. The highest BCUT2D eigenvalue weighted by atomic mass is 16.5. The molecule has 7 heteroatoms. The van der Waals surface area contributed by atoms with Gasteiger partial charge in [-0.15, -0.1) is 0 Å². The first kappa shape index (κ1) is 17.4. The first-order chi connectivity index (χ1) is 13.2. The van der Waals surface area contributed by atoms with Crippen LogP contribution in [0.2, 0.25) is 0 Å². The molecular formula is C20H23N5O2. The van der Waals surface area contributed by atoms with Gasteiger partial charge >= 0.3 is 6.03 Å². The maximum atomic E-state index is 12.5. The van der Waals surface area contributed by atoms with E-state index in [1.165, 1.54) is 5.69 Å². The Hall–Kier alpha value is -3.06. The molecule has 2 aromatic heterocycles. The van der Waals surface area contributed by atoms with Crippen LogP contribution in [-0.2, 0) is 6.54 Å². The number of ether oxygens (including phenoxy) is 1. The smallest absolute Gasteiger partial charge is 0.321 e. The summed E-state index contributed by atoms with van der Waals surface area (Å²) in [6.45, 7) is 3.91. The Balaban J connectivity index is 1.32. The van der Waals surface area contributed by atoms with Gasteiger partial charge in [0.1, 0.15) is 11.4 Å². The van der Waals surface area contributed by atoms with Crippen LogP contribution in [0.1, 0.15) is 5.69 Å². The largest absolute Gasteiger partial charge is 0.497 e. The molecule has 3 heterocycles. The summed E-state index contributed by atoms with van der Waals surface area (Å²) in [4.78, 5) is 21.2. The number of hydrogen-bond acceptors (Lipinski definition) is 4. The minimum Gasteiger partial charge on any atom is -0.497 e. The molecule has 1 aliphatic heterocycles. The molecular weight excluding hydrogens is 342 g/mol. The van der Waals surface area contributed by atoms with Crippen molar-refractivity contribution in [3.63, 3.8) is 0 Å². The molecule has 27 heavy (non-hydrogen) atoms. The molecule has 1 saturated heterocycles. The first-order valence-corrected chi connectivity index (χ1v) is 9.06. The van der Waals surface area contributed by atoms with Crippen molar-refractivity contribution in [3.05, 3.63) is 60.6 Å². The number of urea groups is 1. The highest BCUT2D eigenvalue weighted by molar-refractivity contribution is 5.89. The van der Waals surface area contributed by atoms with Crippen LogP contribution in [0.3, 0.4) is 0 Å². The van der Waals surface area contributed by atoms with Crippen molar-refractivity contribution >= 4 is 17.4 Å². The van der Waals surface area contributed by atoms with Crippen LogP contribution in [0, 0.1) is 0 Å². The average molecular weight is 365 g/mol. The highest BCUT2D eigenvalue weighted by Gasteiger charge is 2.22. The van der Waals surface area contributed by atoms with Crippen molar-refractivity contribution in [2.45, 2.75) is 6.54 Å². The fraction of sp³-hybridized carbons (Fsp3) is 0.300. The van der Waals surface area contributed by atoms with Gasteiger partial charge in [0.05, 0.1) is 19.0 Å². The van der Waals surface area contributed by atoms with Gasteiger partial charge in [0, 0.05) is 50.7 Å². The number of amides is 2. The lowest BCUT2D eigenvalue weighted by atomic mass is 10.3. The second kappa shape index (κ2) is 7.67. The van der Waals surface area contributed by atoms with Gasteiger partial charge in [-0.2, -0.15) is 0 Å². The molecule has 0 atom stereocenters. The summed E-state index contributed by atoms with van der Waals surface area (Å²) in [5, 5.41) is 2.95. The van der Waals surface area contributed by atoms with Gasteiger partial charge in [-0.3, -0.25) is 4.90 Å². The Morgan fingerprint density at radius 1 is 1.15 bits per heavy atom. The number of pyridine rings is 1. The molecule has 3 aromatic rings. The molecule has 7 nitrogen and oxygen atoms in total. The van der Waals surface area contributed by atoms with E-state index < -0.39 is 0 Å². The first-order valence-electron chi connectivity index (χ1n) is 9.06. The zero-order valence-electron chi connectivity index (χ0n) is 15.3. The number of carbonyl (C=O) groups excluding carboxylic acids is 1. The molecule has 0 spiro atoms. The Kier molecular flexibility index (Phi) is 4.93. The Morgan fingerprint density at radius 3 is 2.81 bits per heavy atom. The summed E-state index contributed by atoms with van der Waals surface area (Å²) in [5.74, 6) is 0.727. The third-order valence-corrected chi connectivity index (χ3v) is 4.86. The lowest BCUT2D eigenvalue weighted by Crippen LogP contribution is -2.49. The minimum atomic E-state index is -0.0716. The topological polar surface area (TPSA) is 62.1 Å². The maximum Gasteiger partial charge on any atom is 0.321 e. The summed E-state index contributed by atoms with van der Waals surface area (Å²) in [5.41, 5.74) is 2.87. The molecule has 1 aromatic carbocycles. The van der Waals surface area contributed by atoms with E-state index in [9.17, 15) is 4.79 Å². The maximum absolute atomic E-state index is 12.5. The van der Waals surface area contributed by atoms with Crippen LogP contribution >= 0.6 is 0 Å². The number of imidazole rings is 1. The Labute approximate surface area is 158 Å². The van der Waals surface area contributed by atoms with Gasteiger partial charge in [-0.1, -0.05) is 12.1 Å². The number of piperazine rings is 1. The van der Waals surface area contributed by atoms with Crippen molar-refractivity contribution in [1.82, 2.24) is 19.2 Å². The molecule has 4 rings (SSSR count). The van der Waals surface area contributed by atoms with Gasteiger partial charge < -0.3 is 19.4 Å². The van der Waals surface area contributed by atoms with Crippen molar-refractivity contribution < 1.29 is 9.53 Å². The predicted molar refractivity (Wildman–Crippen MR) is 104 cm³/mol. The van der Waals surface area contributed by atoms with Crippen molar-refractivity contribution in [3.8, 4) is 5.75 Å². The second-order valence-corrected chi connectivity index (χ2v) is 6.60. The van der Waals surface area contributed by atoms with Gasteiger partial charge in [0.2, 0.25) is 0 Å². The number of aromatic nitrogens is 2. The van der Waals surface area contributed by atoms with Gasteiger partial charge in [0.15, 0.2) is 0 Å². The second-order valence-electron chi connectivity index (χ2n) is 6.60. The van der Waals surface area contributed by atoms with Crippen molar-refractivity contribution in [2.75, 3.05) is 38.6 Å². The van der Waals surface area contributed by atoms with Crippen LogP contribution in [0.5, 0.6) is 5.75 Å². The van der Waals surface area contributed by atoms with Crippen molar-refractivity contribution in [2.24, 2.45) is 0 Å². The number of rotatable bonds is 4. The molecule has 1 aliphatic rings. The normalized spacial score (nSPS) is 15.1. The molecule has 0 aliphatic carbocycles. The molecule has 1 fully saturated rings. The SMILES string of the molecule is COc1cccc(NC(=O)N2CCN(Cc3cnc4ccccn34)CC2)c1. The predicted octanol–water partition coefficient (Wildman–Crippen LogP) is 2.69. The summed E-state index contributed by atoms with van der Waals surface area (Å²) in [6.07, 6.45) is 3.96. The Morgan fingerprint density at radius 2 is 2.00 bits per heavy atom. The van der Waals surface area contributed by atoms with Gasteiger partial charge in [-0.05, 0) is 24.3 Å². The monoisotopic (exact) mass is 365 g/mol.